The summed E-state index contributed by atoms with van der Waals surface area (Å²) in [6.07, 6.45) is -55.3. The lowest BCUT2D eigenvalue weighted by atomic mass is 9.86. The second kappa shape index (κ2) is 33.6. The molecule has 0 saturated carbocycles. The van der Waals surface area contributed by atoms with E-state index in [0.29, 0.717) is 0 Å². The van der Waals surface area contributed by atoms with Crippen LogP contribution in [-0.2, 0) is 90.5 Å². The number of carboxylic acid groups (broad SMARTS) is 3. The molecule has 0 radical (unpaired) electrons. The SMILES string of the molecule is CC(=O)N[C@H]1[C@H]([C@H](OC(C)=O)[C@H](O)CO)O[C@@](O[C@H](CO)[C@@H](O)[C@@H]2O[C@@](O[C@H](CO)[C@@H](O)[C@@H]3O[C@@](O[C@H]4[C@@H](O)[C@@H](CO)O[C@@H](O[C@H]5[C@H](O)[C@@H](O)[C@H](OC[C@@H](CO)NC=O)O[C@@H]5CO)[C@@H]4O)(C(=O)[O-])C[C@H](O)[C@H]3NC(C)=O)(C(=O)[O-])C[C@H](O)[C@H]2NC(C)=O)(C(=O)[O-])C[C@@H]1O. The molecule has 5 saturated heterocycles. The molecule has 0 bridgehead atoms. The summed E-state index contributed by atoms with van der Waals surface area (Å²) in [7, 11) is 0. The third kappa shape index (κ3) is 18.0. The molecule has 0 aromatic rings. The van der Waals surface area contributed by atoms with Gasteiger partial charge in [-0.05, 0) is 0 Å². The molecule has 93 heavy (non-hydrogen) atoms. The number of aliphatic hydroxyl groups is 16. The summed E-state index contributed by atoms with van der Waals surface area (Å²) in [4.78, 5) is 101. The van der Waals surface area contributed by atoms with Crippen molar-refractivity contribution in [2.24, 2.45) is 0 Å². The maximum absolute atomic E-state index is 13.5. The van der Waals surface area contributed by atoms with Crippen molar-refractivity contribution >= 4 is 48.0 Å². The molecule has 5 fully saturated rings. The molecule has 0 aliphatic carbocycles. The van der Waals surface area contributed by atoms with E-state index in [1.807, 2.05) is 0 Å². The first-order chi connectivity index (χ1) is 43.6. The van der Waals surface area contributed by atoms with Crippen molar-refractivity contribution in [1.29, 1.82) is 0 Å². The van der Waals surface area contributed by atoms with E-state index in [-0.39, 0.29) is 6.41 Å². The lowest BCUT2D eigenvalue weighted by Gasteiger charge is -2.53. The summed E-state index contributed by atoms with van der Waals surface area (Å²) in [5, 5.41) is 225. The Balaban J connectivity index is 1.50. The summed E-state index contributed by atoms with van der Waals surface area (Å²) < 4.78 is 61.1. The van der Waals surface area contributed by atoms with Crippen LogP contribution >= 0.6 is 0 Å². The van der Waals surface area contributed by atoms with Crippen molar-refractivity contribution in [3.05, 3.63) is 0 Å². The molecule has 5 heterocycles. The number of esters is 1. The summed E-state index contributed by atoms with van der Waals surface area (Å²) in [5.41, 5.74) is 0. The van der Waals surface area contributed by atoms with E-state index in [1.165, 1.54) is 0 Å². The minimum absolute atomic E-state index is 0.218. The van der Waals surface area contributed by atoms with Crippen LogP contribution in [0.3, 0.4) is 0 Å². The number of rotatable bonds is 32. The van der Waals surface area contributed by atoms with Crippen LogP contribution in [0.2, 0.25) is 0 Å². The van der Waals surface area contributed by atoms with Gasteiger partial charge in [0.05, 0.1) is 88.7 Å². The van der Waals surface area contributed by atoms with Crippen LogP contribution in [0.5, 0.6) is 0 Å². The molecule has 29 atom stereocenters. The maximum Gasteiger partial charge on any atom is 0.303 e. The number of hydrogen-bond donors (Lipinski definition) is 20. The Morgan fingerprint density at radius 2 is 0.978 bits per heavy atom. The van der Waals surface area contributed by atoms with E-state index >= 15 is 0 Å². The predicted octanol–water partition coefficient (Wildman–Crippen LogP) is -18.2. The van der Waals surface area contributed by atoms with Crippen LogP contribution in [0.4, 0.5) is 0 Å². The quantitative estimate of drug-likeness (QED) is 0.0220. The Morgan fingerprint density at radius 3 is 1.38 bits per heavy atom. The van der Waals surface area contributed by atoms with Crippen molar-refractivity contribution in [2.45, 2.75) is 223 Å². The number of carbonyl (C=O) groups is 8. The fraction of sp³-hybridized carbons (Fsp3) is 0.843. The van der Waals surface area contributed by atoms with E-state index in [0.717, 1.165) is 27.7 Å². The topological polar surface area (TPSA) is 679 Å². The van der Waals surface area contributed by atoms with Crippen LogP contribution in [-0.4, -0.2) is 352 Å². The highest BCUT2D eigenvalue weighted by Gasteiger charge is 2.62. The van der Waals surface area contributed by atoms with Gasteiger partial charge in [-0.15, -0.1) is 0 Å². The van der Waals surface area contributed by atoms with Gasteiger partial charge in [-0.3, -0.25) is 24.0 Å². The van der Waals surface area contributed by atoms with Gasteiger partial charge in [-0.2, -0.15) is 0 Å². The number of aliphatic hydroxyl groups excluding tert-OH is 16. The van der Waals surface area contributed by atoms with Crippen molar-refractivity contribution in [2.75, 3.05) is 46.2 Å². The zero-order valence-corrected chi connectivity index (χ0v) is 49.8. The Bertz CT molecular complexity index is 2530. The molecule has 5 rings (SSSR count). The van der Waals surface area contributed by atoms with Gasteiger partial charge in [0.2, 0.25) is 41.5 Å². The van der Waals surface area contributed by atoms with Crippen LogP contribution in [0.1, 0.15) is 47.0 Å². The smallest absolute Gasteiger partial charge is 0.303 e. The molecule has 0 aromatic heterocycles. The van der Waals surface area contributed by atoms with Crippen LogP contribution in [0, 0.1) is 0 Å². The first-order valence-electron chi connectivity index (χ1n) is 28.5. The molecule has 0 spiro atoms. The molecule has 0 aromatic carbocycles. The number of carboxylic acids is 3. The Labute approximate surface area is 525 Å². The summed E-state index contributed by atoms with van der Waals surface area (Å²) in [6, 6.07) is -7.11. The highest BCUT2D eigenvalue weighted by Crippen LogP contribution is 2.42. The number of amides is 4. The number of carbonyl (C=O) groups excluding carboxylic acids is 8. The van der Waals surface area contributed by atoms with E-state index in [2.05, 4.69) is 21.3 Å². The second-order valence-electron chi connectivity index (χ2n) is 22.4. The van der Waals surface area contributed by atoms with Gasteiger partial charge in [-0.1, -0.05) is 0 Å². The fourth-order valence-electron chi connectivity index (χ4n) is 11.2. The number of ether oxygens (including phenoxy) is 11. The van der Waals surface area contributed by atoms with Crippen LogP contribution in [0.15, 0.2) is 0 Å². The number of aliphatic carboxylic acids is 3. The minimum Gasteiger partial charge on any atom is -0.544 e. The fourth-order valence-corrected chi connectivity index (χ4v) is 11.2. The Morgan fingerprint density at radius 1 is 0.548 bits per heavy atom. The van der Waals surface area contributed by atoms with E-state index in [1.54, 1.807) is 0 Å². The lowest BCUT2D eigenvalue weighted by molar-refractivity contribution is -0.416. The molecule has 42 heteroatoms. The van der Waals surface area contributed by atoms with Crippen molar-refractivity contribution in [3.63, 3.8) is 0 Å². The number of nitrogens with one attached hydrogen (secondary N) is 4. The molecule has 534 valence electrons. The third-order valence-corrected chi connectivity index (χ3v) is 15.7. The van der Waals surface area contributed by atoms with E-state index < -0.39 is 283 Å². The average Bonchev–Trinajstić information content (AvgIpc) is 0.765. The monoisotopic (exact) mass is 1360 g/mol. The molecule has 4 amide bonds. The zero-order valence-electron chi connectivity index (χ0n) is 49.8. The van der Waals surface area contributed by atoms with Gasteiger partial charge in [0.15, 0.2) is 18.7 Å². The molecule has 0 unspecified atom stereocenters. The first-order valence-corrected chi connectivity index (χ1v) is 28.5. The molecule has 20 N–H and O–H groups in total. The highest BCUT2D eigenvalue weighted by molar-refractivity contribution is 5.77. The van der Waals surface area contributed by atoms with Crippen molar-refractivity contribution in [1.82, 2.24) is 21.3 Å². The third-order valence-electron chi connectivity index (χ3n) is 15.7. The van der Waals surface area contributed by atoms with Crippen molar-refractivity contribution < 1.29 is 187 Å². The van der Waals surface area contributed by atoms with Gasteiger partial charge in [0.25, 0.3) is 0 Å². The molecular weight excluding hydrogens is 1280 g/mol. The molecule has 5 aliphatic heterocycles. The van der Waals surface area contributed by atoms with Gasteiger partial charge in [0.1, 0.15) is 116 Å². The maximum atomic E-state index is 13.5. The van der Waals surface area contributed by atoms with Crippen molar-refractivity contribution in [3.8, 4) is 0 Å². The van der Waals surface area contributed by atoms with Crippen LogP contribution in [0.25, 0.3) is 0 Å². The largest absolute Gasteiger partial charge is 0.544 e. The number of hydrogen-bond acceptors (Lipinski definition) is 38. The van der Waals surface area contributed by atoms with Gasteiger partial charge >= 0.3 is 5.97 Å². The lowest BCUT2D eigenvalue weighted by Crippen LogP contribution is -2.73. The minimum atomic E-state index is -3.72. The van der Waals surface area contributed by atoms with E-state index in [4.69, 9.17) is 52.1 Å². The van der Waals surface area contributed by atoms with Gasteiger partial charge < -0.3 is 185 Å². The molecular formula is C51H79N4O38-3. The zero-order chi connectivity index (χ0) is 69.9. The Hall–Kier alpha value is -5.28. The summed E-state index contributed by atoms with van der Waals surface area (Å²) >= 11 is 0. The standard InChI is InChI=1S/C51H82N4O38/c1-16(63)53-29-21(67)5-49(46(77)78,90-40(29)33(72)27(12-60)89-50(47(79)80)6-23(69)31(55-18(3)65)42(92-50)38(24(70)9-57)84-19(4)66)88-26(11-59)34(73)41-30(54-17(2)64)22(68)7-51(91-41,48(81)82)93-43-32(71)25(10-58)85-45(37(43)76)87-39-28(13-61)86-44(36(75)35(39)74)83-14-20(8-56)52-15-62/h15,20-45,56-61,67-76H,5-14H2,1-4H3,(H,52,62)(H,53,63)(H,54,64)(H,55,65)(H,77,78)(H,79,80)(H,81,82)/p-3/t20-,21+,22+,23+,24-,25-,26-,27-,28-,29-,30-,31-,32+,33-,34-,35-,36-,37-,38-,39-,40-,41-,42-,43+,44-,45+,49-,50-,51+/m1/s1. The second-order valence-corrected chi connectivity index (χ2v) is 22.4. The predicted molar refractivity (Wildman–Crippen MR) is 278 cm³/mol. The first kappa shape index (κ1) is 78.4. The van der Waals surface area contributed by atoms with Gasteiger partial charge in [-0.25, -0.2) is 0 Å². The average molecular weight is 1360 g/mol. The summed E-state index contributed by atoms with van der Waals surface area (Å²) in [5.74, 6) is -22.8. The Kier molecular flexibility index (Phi) is 28.3. The van der Waals surface area contributed by atoms with Gasteiger partial charge in [0, 0.05) is 47.0 Å². The summed E-state index contributed by atoms with van der Waals surface area (Å²) in [6.45, 7) is -4.69. The highest BCUT2D eigenvalue weighted by atomic mass is 16.8. The van der Waals surface area contributed by atoms with E-state index in [9.17, 15) is 135 Å². The molecule has 5 aliphatic rings. The molecule has 42 nitrogen and oxygen atoms in total. The normalized spacial score (nSPS) is 38.7. The van der Waals surface area contributed by atoms with Crippen LogP contribution < -0.4 is 36.6 Å².